The molecule has 72 valence electrons. The molecule has 0 aliphatic rings. The Morgan fingerprint density at radius 1 is 1.25 bits per heavy atom. The SMILES string of the molecule is CCCCCCCC(=O)N(C)O. The van der Waals surface area contributed by atoms with E-state index in [1.54, 1.807) is 0 Å². The Balaban J connectivity index is 3.14. The van der Waals surface area contributed by atoms with Gasteiger partial charge in [-0.3, -0.25) is 10.0 Å². The maximum atomic E-state index is 10.9. The first-order chi connectivity index (χ1) is 5.68. The van der Waals surface area contributed by atoms with E-state index in [1.165, 1.54) is 26.3 Å². The average Bonchev–Trinajstić information content (AvgIpc) is 2.03. The molecule has 1 amide bonds. The zero-order valence-corrected chi connectivity index (χ0v) is 8.05. The second kappa shape index (κ2) is 7.10. The molecule has 0 aromatic rings. The predicted octanol–water partition coefficient (Wildman–Crippen LogP) is 2.19. The van der Waals surface area contributed by atoms with Gasteiger partial charge >= 0.3 is 0 Å². The van der Waals surface area contributed by atoms with E-state index < -0.39 is 0 Å². The minimum Gasteiger partial charge on any atom is -0.286 e. The highest BCUT2D eigenvalue weighted by molar-refractivity contribution is 5.74. The molecule has 0 fully saturated rings. The molecule has 0 heterocycles. The maximum absolute atomic E-state index is 10.9. The van der Waals surface area contributed by atoms with Crippen molar-refractivity contribution in [1.82, 2.24) is 5.06 Å². The summed E-state index contributed by atoms with van der Waals surface area (Å²) in [5.41, 5.74) is 0. The summed E-state index contributed by atoms with van der Waals surface area (Å²) in [5.74, 6) is -0.188. The van der Waals surface area contributed by atoms with Crippen LogP contribution in [0.4, 0.5) is 0 Å². The summed E-state index contributed by atoms with van der Waals surface area (Å²) >= 11 is 0. The van der Waals surface area contributed by atoms with Gasteiger partial charge in [-0.2, -0.15) is 0 Å². The monoisotopic (exact) mass is 173 g/mol. The molecule has 0 aliphatic heterocycles. The number of carbonyl (C=O) groups is 1. The summed E-state index contributed by atoms with van der Waals surface area (Å²) in [6.07, 6.45) is 6.10. The number of carbonyl (C=O) groups excluding carboxylic acids is 1. The number of amides is 1. The lowest BCUT2D eigenvalue weighted by Gasteiger charge is -2.07. The van der Waals surface area contributed by atoms with E-state index in [1.807, 2.05) is 0 Å². The molecule has 1 N–H and O–H groups in total. The molecule has 0 atom stereocenters. The summed E-state index contributed by atoms with van der Waals surface area (Å²) in [6.45, 7) is 2.16. The van der Waals surface area contributed by atoms with Crippen molar-refractivity contribution in [2.75, 3.05) is 7.05 Å². The fraction of sp³-hybridized carbons (Fsp3) is 0.889. The summed E-state index contributed by atoms with van der Waals surface area (Å²) in [7, 11) is 1.37. The van der Waals surface area contributed by atoms with E-state index in [-0.39, 0.29) is 5.91 Å². The molecule has 0 saturated heterocycles. The molecule has 0 aromatic carbocycles. The topological polar surface area (TPSA) is 40.5 Å². The molecule has 0 aromatic heterocycles. The van der Waals surface area contributed by atoms with Gasteiger partial charge in [0.05, 0.1) is 0 Å². The molecule has 0 rings (SSSR count). The van der Waals surface area contributed by atoms with E-state index in [9.17, 15) is 4.79 Å². The van der Waals surface area contributed by atoms with E-state index in [0.717, 1.165) is 12.8 Å². The van der Waals surface area contributed by atoms with Gasteiger partial charge < -0.3 is 0 Å². The average molecular weight is 173 g/mol. The molecule has 0 radical (unpaired) electrons. The predicted molar refractivity (Wildman–Crippen MR) is 47.9 cm³/mol. The Hall–Kier alpha value is -0.570. The van der Waals surface area contributed by atoms with Crippen LogP contribution in [0.2, 0.25) is 0 Å². The zero-order chi connectivity index (χ0) is 9.40. The van der Waals surface area contributed by atoms with Crippen molar-refractivity contribution in [2.24, 2.45) is 0 Å². The first-order valence-electron chi connectivity index (χ1n) is 4.64. The van der Waals surface area contributed by atoms with Crippen molar-refractivity contribution >= 4 is 5.91 Å². The van der Waals surface area contributed by atoms with Gasteiger partial charge in [-0.25, -0.2) is 5.06 Å². The second-order valence-corrected chi connectivity index (χ2v) is 3.08. The lowest BCUT2D eigenvalue weighted by atomic mass is 10.1. The normalized spacial score (nSPS) is 9.92. The summed E-state index contributed by atoms with van der Waals surface area (Å²) in [4.78, 5) is 10.9. The van der Waals surface area contributed by atoms with Crippen LogP contribution in [0.1, 0.15) is 45.4 Å². The second-order valence-electron chi connectivity index (χ2n) is 3.08. The van der Waals surface area contributed by atoms with Crippen molar-refractivity contribution < 1.29 is 10.0 Å². The highest BCUT2D eigenvalue weighted by Gasteiger charge is 2.03. The summed E-state index contributed by atoms with van der Waals surface area (Å²) in [5, 5.41) is 9.37. The van der Waals surface area contributed by atoms with Gasteiger partial charge in [-0.1, -0.05) is 32.6 Å². The van der Waals surface area contributed by atoms with Crippen molar-refractivity contribution in [1.29, 1.82) is 0 Å². The fourth-order valence-electron chi connectivity index (χ4n) is 1.04. The third-order valence-electron chi connectivity index (χ3n) is 1.86. The molecule has 0 spiro atoms. The standard InChI is InChI=1S/C9H19NO2/c1-3-4-5-6-7-8-9(11)10(2)12/h12H,3-8H2,1-2H3. The van der Waals surface area contributed by atoms with Crippen LogP contribution in [0.25, 0.3) is 0 Å². The van der Waals surface area contributed by atoms with Crippen molar-refractivity contribution in [2.45, 2.75) is 45.4 Å². The highest BCUT2D eigenvalue weighted by atomic mass is 16.5. The fourth-order valence-corrected chi connectivity index (χ4v) is 1.04. The van der Waals surface area contributed by atoms with Crippen LogP contribution in [-0.2, 0) is 4.79 Å². The Labute approximate surface area is 74.3 Å². The number of rotatable bonds is 6. The van der Waals surface area contributed by atoms with Gasteiger partial charge in [-0.15, -0.1) is 0 Å². The smallest absolute Gasteiger partial charge is 0.245 e. The third kappa shape index (κ3) is 6.16. The third-order valence-corrected chi connectivity index (χ3v) is 1.86. The molecule has 0 aliphatic carbocycles. The Morgan fingerprint density at radius 2 is 1.83 bits per heavy atom. The summed E-state index contributed by atoms with van der Waals surface area (Å²) in [6, 6.07) is 0. The molecular formula is C9H19NO2. The molecule has 0 saturated carbocycles. The minimum atomic E-state index is -0.188. The number of hydroxylamine groups is 2. The van der Waals surface area contributed by atoms with Crippen molar-refractivity contribution in [3.05, 3.63) is 0 Å². The van der Waals surface area contributed by atoms with Gasteiger partial charge in [0.2, 0.25) is 5.91 Å². The molecule has 3 heteroatoms. The van der Waals surface area contributed by atoms with Crippen LogP contribution in [0.3, 0.4) is 0 Å². The van der Waals surface area contributed by atoms with E-state index >= 15 is 0 Å². The van der Waals surface area contributed by atoms with E-state index in [4.69, 9.17) is 5.21 Å². The first-order valence-corrected chi connectivity index (χ1v) is 4.64. The first kappa shape index (κ1) is 11.4. The van der Waals surface area contributed by atoms with Crippen LogP contribution in [0.15, 0.2) is 0 Å². The highest BCUT2D eigenvalue weighted by Crippen LogP contribution is 2.05. The van der Waals surface area contributed by atoms with Crippen LogP contribution >= 0.6 is 0 Å². The molecule has 0 unspecified atom stereocenters. The quantitative estimate of drug-likeness (QED) is 0.380. The van der Waals surface area contributed by atoms with Gasteiger partial charge in [0.1, 0.15) is 0 Å². The lowest BCUT2D eigenvalue weighted by molar-refractivity contribution is -0.159. The van der Waals surface area contributed by atoms with Gasteiger partial charge in [0.25, 0.3) is 0 Å². The lowest BCUT2D eigenvalue weighted by Crippen LogP contribution is -2.21. The number of hydrogen-bond donors (Lipinski definition) is 1. The Morgan fingerprint density at radius 3 is 2.33 bits per heavy atom. The van der Waals surface area contributed by atoms with Gasteiger partial charge in [-0.05, 0) is 6.42 Å². The number of nitrogens with zero attached hydrogens (tertiary/aromatic N) is 1. The largest absolute Gasteiger partial charge is 0.286 e. The number of unbranched alkanes of at least 4 members (excludes halogenated alkanes) is 4. The molecule has 3 nitrogen and oxygen atoms in total. The van der Waals surface area contributed by atoms with Crippen LogP contribution in [0.5, 0.6) is 0 Å². The van der Waals surface area contributed by atoms with Crippen LogP contribution in [-0.4, -0.2) is 23.2 Å². The van der Waals surface area contributed by atoms with Crippen molar-refractivity contribution in [3.8, 4) is 0 Å². The van der Waals surface area contributed by atoms with Gasteiger partial charge in [0, 0.05) is 13.5 Å². The minimum absolute atomic E-state index is 0.188. The molecule has 12 heavy (non-hydrogen) atoms. The van der Waals surface area contributed by atoms with E-state index in [0.29, 0.717) is 11.5 Å². The van der Waals surface area contributed by atoms with Crippen LogP contribution in [0, 0.1) is 0 Å². The van der Waals surface area contributed by atoms with E-state index in [2.05, 4.69) is 6.92 Å². The van der Waals surface area contributed by atoms with Gasteiger partial charge in [0.15, 0.2) is 0 Å². The van der Waals surface area contributed by atoms with Crippen molar-refractivity contribution in [3.63, 3.8) is 0 Å². The summed E-state index contributed by atoms with van der Waals surface area (Å²) < 4.78 is 0. The van der Waals surface area contributed by atoms with Crippen LogP contribution < -0.4 is 0 Å². The zero-order valence-electron chi connectivity index (χ0n) is 8.05. The Kier molecular flexibility index (Phi) is 6.76. The molecular weight excluding hydrogens is 154 g/mol. The Bertz CT molecular complexity index is 124. The number of hydrogen-bond acceptors (Lipinski definition) is 2. The maximum Gasteiger partial charge on any atom is 0.245 e. The molecule has 0 bridgehead atoms.